The van der Waals surface area contributed by atoms with Gasteiger partial charge in [0.25, 0.3) is 5.78 Å². The smallest absolute Gasteiger partial charge is 0.252 e. The number of rotatable bonds is 5. The molecule has 4 rings (SSSR count). The second-order valence-corrected chi connectivity index (χ2v) is 5.76. The first kappa shape index (κ1) is 16.6. The van der Waals surface area contributed by atoms with Crippen molar-refractivity contribution in [3.63, 3.8) is 0 Å². The minimum atomic E-state index is -0.408. The number of ketones is 1. The lowest BCUT2D eigenvalue weighted by atomic mass is 10.2. The van der Waals surface area contributed by atoms with Crippen molar-refractivity contribution in [1.29, 1.82) is 0 Å². The van der Waals surface area contributed by atoms with Gasteiger partial charge in [-0.3, -0.25) is 9.89 Å². The van der Waals surface area contributed by atoms with Crippen molar-refractivity contribution in [2.24, 2.45) is 0 Å². The molecule has 0 aliphatic heterocycles. The number of aromatic nitrogens is 5. The van der Waals surface area contributed by atoms with Crippen LogP contribution in [-0.4, -0.2) is 45.1 Å². The third kappa shape index (κ3) is 2.97. The number of nitrogens with one attached hydrogen (secondary N) is 1. The molecule has 3 heterocycles. The molecule has 0 bridgehead atoms. The van der Waals surface area contributed by atoms with Crippen LogP contribution in [-0.2, 0) is 0 Å². The zero-order valence-electron chi connectivity index (χ0n) is 14.7. The maximum absolute atomic E-state index is 13.0. The molecule has 0 spiro atoms. The second kappa shape index (κ2) is 6.83. The fourth-order valence-corrected chi connectivity index (χ4v) is 2.80. The Kier molecular flexibility index (Phi) is 4.21. The number of methoxy groups -OCH3 is 1. The number of aromatic amines is 1. The molecular formula is C19H16N6O2. The maximum Gasteiger partial charge on any atom is 0.252 e. The highest BCUT2D eigenvalue weighted by molar-refractivity contribution is 6.08. The van der Waals surface area contributed by atoms with E-state index in [4.69, 9.17) is 4.74 Å². The van der Waals surface area contributed by atoms with E-state index >= 15 is 0 Å². The molecule has 0 amide bonds. The van der Waals surface area contributed by atoms with Crippen LogP contribution in [0.5, 0.6) is 5.75 Å². The monoisotopic (exact) mass is 360 g/mol. The van der Waals surface area contributed by atoms with E-state index in [1.165, 1.54) is 13.3 Å². The Balaban J connectivity index is 1.88. The van der Waals surface area contributed by atoms with Crippen molar-refractivity contribution >= 4 is 28.3 Å². The normalized spacial score (nSPS) is 10.7. The first-order valence-electron chi connectivity index (χ1n) is 8.23. The molecule has 27 heavy (non-hydrogen) atoms. The summed E-state index contributed by atoms with van der Waals surface area (Å²) in [6, 6.07) is 12.7. The third-order valence-electron chi connectivity index (χ3n) is 4.14. The molecule has 0 atom stereocenters. The maximum atomic E-state index is 13.0. The molecule has 1 N–H and O–H groups in total. The highest BCUT2D eigenvalue weighted by atomic mass is 16.5. The Morgan fingerprint density at radius 2 is 1.96 bits per heavy atom. The van der Waals surface area contributed by atoms with Crippen LogP contribution in [0.2, 0.25) is 0 Å². The lowest BCUT2D eigenvalue weighted by Gasteiger charge is -2.18. The van der Waals surface area contributed by atoms with Crippen molar-refractivity contribution in [2.45, 2.75) is 0 Å². The molecule has 3 aromatic heterocycles. The molecule has 8 heteroatoms. The molecule has 0 aliphatic carbocycles. The lowest BCUT2D eigenvalue weighted by Crippen LogP contribution is -2.17. The Hall–Kier alpha value is -3.81. The summed E-state index contributed by atoms with van der Waals surface area (Å²) in [5.41, 5.74) is 0.826. The third-order valence-corrected chi connectivity index (χ3v) is 4.14. The van der Waals surface area contributed by atoms with E-state index in [9.17, 15) is 4.79 Å². The number of hydrogen-bond acceptors (Lipinski definition) is 7. The quantitative estimate of drug-likeness (QED) is 0.547. The summed E-state index contributed by atoms with van der Waals surface area (Å²) in [7, 11) is 3.33. The molecule has 0 aliphatic rings. The molecule has 4 aromatic rings. The van der Waals surface area contributed by atoms with Crippen molar-refractivity contribution in [2.75, 3.05) is 19.1 Å². The summed E-state index contributed by atoms with van der Waals surface area (Å²) in [5, 5.41) is 7.77. The van der Waals surface area contributed by atoms with Crippen LogP contribution >= 0.6 is 0 Å². The standard InChI is InChI=1S/C19H16N6O2/c1-25(15-9-11-21-24-15)19-12-6-3-4-7-13(12)22-18(23-19)17(26)16-14(27-2)8-5-10-20-16/h3-11H,1-2H3,(H,21,24). The minimum absolute atomic E-state index is 0.0445. The van der Waals surface area contributed by atoms with Crippen LogP contribution in [0.1, 0.15) is 16.3 Å². The number of pyridine rings is 1. The summed E-state index contributed by atoms with van der Waals surface area (Å²) in [5.74, 6) is 1.26. The second-order valence-electron chi connectivity index (χ2n) is 5.76. The predicted molar refractivity (Wildman–Crippen MR) is 100 cm³/mol. The van der Waals surface area contributed by atoms with Crippen molar-refractivity contribution in [3.05, 3.63) is 66.4 Å². The molecule has 1 aromatic carbocycles. The van der Waals surface area contributed by atoms with Gasteiger partial charge in [-0.25, -0.2) is 15.0 Å². The van der Waals surface area contributed by atoms with Crippen LogP contribution in [0.4, 0.5) is 11.6 Å². The topological polar surface area (TPSA) is 96.9 Å². The number of nitrogens with zero attached hydrogens (tertiary/aromatic N) is 5. The van der Waals surface area contributed by atoms with Crippen molar-refractivity contribution in [1.82, 2.24) is 25.1 Å². The largest absolute Gasteiger partial charge is 0.494 e. The first-order chi connectivity index (χ1) is 13.2. The van der Waals surface area contributed by atoms with Crippen LogP contribution in [0.15, 0.2) is 54.9 Å². The van der Waals surface area contributed by atoms with Gasteiger partial charge in [-0.2, -0.15) is 5.10 Å². The minimum Gasteiger partial charge on any atom is -0.494 e. The van der Waals surface area contributed by atoms with Gasteiger partial charge in [0, 0.05) is 30.9 Å². The Morgan fingerprint density at radius 3 is 2.74 bits per heavy atom. The summed E-state index contributed by atoms with van der Waals surface area (Å²) < 4.78 is 5.25. The number of anilines is 2. The summed E-state index contributed by atoms with van der Waals surface area (Å²) >= 11 is 0. The van der Waals surface area contributed by atoms with E-state index in [1.807, 2.05) is 37.4 Å². The number of ether oxygens (including phenoxy) is 1. The SMILES string of the molecule is COc1cccnc1C(=O)c1nc(N(C)c2cc[nH]n2)c2ccccc2n1. The Labute approximate surface area is 154 Å². The number of H-pyrrole nitrogens is 1. The van der Waals surface area contributed by atoms with Crippen LogP contribution in [0.3, 0.4) is 0 Å². The van der Waals surface area contributed by atoms with Gasteiger partial charge in [0.05, 0.1) is 12.6 Å². The number of para-hydroxylation sites is 1. The first-order valence-corrected chi connectivity index (χ1v) is 8.23. The number of fused-ring (bicyclic) bond motifs is 1. The molecule has 0 fully saturated rings. The Bertz CT molecular complexity index is 1110. The molecule has 8 nitrogen and oxygen atoms in total. The van der Waals surface area contributed by atoms with Gasteiger partial charge in [0.15, 0.2) is 11.5 Å². The van der Waals surface area contributed by atoms with Gasteiger partial charge in [-0.1, -0.05) is 12.1 Å². The molecule has 134 valence electrons. The van der Waals surface area contributed by atoms with E-state index in [0.29, 0.717) is 22.9 Å². The van der Waals surface area contributed by atoms with E-state index in [-0.39, 0.29) is 11.5 Å². The van der Waals surface area contributed by atoms with Gasteiger partial charge >= 0.3 is 0 Å². The summed E-state index contributed by atoms with van der Waals surface area (Å²) in [4.78, 5) is 27.9. The number of carbonyl (C=O) groups excluding carboxylic acids is 1. The van der Waals surface area contributed by atoms with Gasteiger partial charge in [-0.15, -0.1) is 0 Å². The van der Waals surface area contributed by atoms with Crippen molar-refractivity contribution in [3.8, 4) is 5.75 Å². The molecule has 0 unspecified atom stereocenters. The fourth-order valence-electron chi connectivity index (χ4n) is 2.80. The van der Waals surface area contributed by atoms with Crippen LogP contribution < -0.4 is 9.64 Å². The van der Waals surface area contributed by atoms with Gasteiger partial charge in [-0.05, 0) is 24.3 Å². The summed E-state index contributed by atoms with van der Waals surface area (Å²) in [6.45, 7) is 0. The number of carbonyl (C=O) groups is 1. The highest BCUT2D eigenvalue weighted by Crippen LogP contribution is 2.28. The molecule has 0 saturated heterocycles. The van der Waals surface area contributed by atoms with Gasteiger partial charge in [0.1, 0.15) is 11.6 Å². The average Bonchev–Trinajstić information content (AvgIpc) is 3.26. The zero-order chi connectivity index (χ0) is 18.8. The van der Waals surface area contributed by atoms with Gasteiger partial charge < -0.3 is 9.64 Å². The number of benzene rings is 1. The molecule has 0 saturated carbocycles. The van der Waals surface area contributed by atoms with Crippen molar-refractivity contribution < 1.29 is 9.53 Å². The van der Waals surface area contributed by atoms with E-state index < -0.39 is 5.78 Å². The van der Waals surface area contributed by atoms with E-state index in [0.717, 1.165) is 5.39 Å². The van der Waals surface area contributed by atoms with Crippen LogP contribution in [0, 0.1) is 0 Å². The van der Waals surface area contributed by atoms with Crippen LogP contribution in [0.25, 0.3) is 10.9 Å². The molecular weight excluding hydrogens is 344 g/mol. The number of hydrogen-bond donors (Lipinski definition) is 1. The summed E-state index contributed by atoms with van der Waals surface area (Å²) in [6.07, 6.45) is 3.26. The lowest BCUT2D eigenvalue weighted by molar-refractivity contribution is 0.102. The highest BCUT2D eigenvalue weighted by Gasteiger charge is 2.22. The average molecular weight is 360 g/mol. The fraction of sp³-hybridized carbons (Fsp3) is 0.105. The van der Waals surface area contributed by atoms with Gasteiger partial charge in [0.2, 0.25) is 5.82 Å². The molecule has 0 radical (unpaired) electrons. The zero-order valence-corrected chi connectivity index (χ0v) is 14.7. The Morgan fingerprint density at radius 1 is 1.11 bits per heavy atom. The predicted octanol–water partition coefficient (Wildman–Crippen LogP) is 2.76. The van der Waals surface area contributed by atoms with E-state index in [1.54, 1.807) is 23.2 Å². The van der Waals surface area contributed by atoms with E-state index in [2.05, 4.69) is 25.1 Å².